The third kappa shape index (κ3) is 3.89. The van der Waals surface area contributed by atoms with Crippen LogP contribution in [0.1, 0.15) is 33.6 Å². The summed E-state index contributed by atoms with van der Waals surface area (Å²) in [6.07, 6.45) is 4.66. The molecule has 2 atom stereocenters. The SMILES string of the molecule is COC(=O)c1ccc(C(=O)OC)c(NC(=O)CN2C(=O)[C@H]3CC=CC[C@@H]3C2=O)c1. The van der Waals surface area contributed by atoms with Crippen LogP contribution in [0.5, 0.6) is 0 Å². The second-order valence-electron chi connectivity index (χ2n) is 6.71. The number of allylic oxidation sites excluding steroid dienone is 2. The highest BCUT2D eigenvalue weighted by Gasteiger charge is 2.47. The normalized spacial score (nSPS) is 20.3. The Bertz CT molecular complexity index is 895. The van der Waals surface area contributed by atoms with E-state index in [2.05, 4.69) is 14.8 Å². The van der Waals surface area contributed by atoms with E-state index in [0.717, 1.165) is 4.90 Å². The van der Waals surface area contributed by atoms with E-state index in [0.29, 0.717) is 12.8 Å². The zero-order valence-corrected chi connectivity index (χ0v) is 16.0. The largest absolute Gasteiger partial charge is 0.465 e. The van der Waals surface area contributed by atoms with Crippen LogP contribution in [-0.2, 0) is 23.9 Å². The first-order chi connectivity index (χ1) is 13.9. The number of rotatable bonds is 5. The number of likely N-dealkylation sites (tertiary alicyclic amines) is 1. The van der Waals surface area contributed by atoms with Crippen LogP contribution in [0.25, 0.3) is 0 Å². The number of carbonyl (C=O) groups is 5. The van der Waals surface area contributed by atoms with E-state index in [1.165, 1.54) is 32.4 Å². The molecule has 1 aromatic rings. The Hall–Kier alpha value is -3.49. The van der Waals surface area contributed by atoms with E-state index in [4.69, 9.17) is 0 Å². The number of nitrogens with zero attached hydrogens (tertiary/aromatic N) is 1. The van der Waals surface area contributed by atoms with Crippen molar-refractivity contribution in [2.24, 2.45) is 11.8 Å². The molecule has 0 radical (unpaired) electrons. The molecule has 0 saturated carbocycles. The van der Waals surface area contributed by atoms with Gasteiger partial charge in [0.1, 0.15) is 6.54 Å². The number of benzene rings is 1. The molecule has 3 amide bonds. The van der Waals surface area contributed by atoms with E-state index < -0.39 is 36.2 Å². The minimum absolute atomic E-state index is 0.0166. The first-order valence-electron chi connectivity index (χ1n) is 8.98. The van der Waals surface area contributed by atoms with E-state index in [1.807, 2.05) is 12.2 Å². The third-order valence-corrected chi connectivity index (χ3v) is 5.02. The number of fused-ring (bicyclic) bond motifs is 1. The van der Waals surface area contributed by atoms with Crippen molar-refractivity contribution in [1.82, 2.24) is 4.90 Å². The molecular formula is C20H20N2O7. The Morgan fingerprint density at radius 3 is 2.14 bits per heavy atom. The van der Waals surface area contributed by atoms with Gasteiger partial charge < -0.3 is 14.8 Å². The summed E-state index contributed by atoms with van der Waals surface area (Å²) in [7, 11) is 2.38. The van der Waals surface area contributed by atoms with Gasteiger partial charge in [-0.2, -0.15) is 0 Å². The van der Waals surface area contributed by atoms with Gasteiger partial charge in [-0.3, -0.25) is 19.3 Å². The predicted molar refractivity (Wildman–Crippen MR) is 99.8 cm³/mol. The summed E-state index contributed by atoms with van der Waals surface area (Å²) in [5.41, 5.74) is 0.147. The molecule has 1 saturated heterocycles. The van der Waals surface area contributed by atoms with Crippen LogP contribution in [0.4, 0.5) is 5.69 Å². The zero-order chi connectivity index (χ0) is 21.1. The summed E-state index contributed by atoms with van der Waals surface area (Å²) in [5.74, 6) is -3.68. The molecule has 29 heavy (non-hydrogen) atoms. The van der Waals surface area contributed by atoms with Crippen molar-refractivity contribution in [2.75, 3.05) is 26.1 Å². The quantitative estimate of drug-likeness (QED) is 0.447. The molecule has 9 nitrogen and oxygen atoms in total. The van der Waals surface area contributed by atoms with Crippen molar-refractivity contribution >= 4 is 35.3 Å². The molecular weight excluding hydrogens is 380 g/mol. The van der Waals surface area contributed by atoms with E-state index in [9.17, 15) is 24.0 Å². The van der Waals surface area contributed by atoms with Gasteiger partial charge in [-0.05, 0) is 31.0 Å². The fourth-order valence-electron chi connectivity index (χ4n) is 3.54. The van der Waals surface area contributed by atoms with Crippen molar-refractivity contribution < 1.29 is 33.4 Å². The molecule has 2 aliphatic rings. The first-order valence-corrected chi connectivity index (χ1v) is 8.98. The highest BCUT2D eigenvalue weighted by atomic mass is 16.5. The lowest BCUT2D eigenvalue weighted by atomic mass is 9.85. The Kier molecular flexibility index (Phi) is 5.76. The first kappa shape index (κ1) is 20.2. The van der Waals surface area contributed by atoms with E-state index >= 15 is 0 Å². The minimum atomic E-state index is -0.720. The van der Waals surface area contributed by atoms with Gasteiger partial charge in [-0.15, -0.1) is 0 Å². The summed E-state index contributed by atoms with van der Waals surface area (Å²) in [6.45, 7) is -0.478. The van der Waals surface area contributed by atoms with Gasteiger partial charge in [0.15, 0.2) is 0 Å². The summed E-state index contributed by atoms with van der Waals surface area (Å²) < 4.78 is 9.33. The van der Waals surface area contributed by atoms with Crippen LogP contribution < -0.4 is 5.32 Å². The highest BCUT2D eigenvalue weighted by Crippen LogP contribution is 2.34. The summed E-state index contributed by atoms with van der Waals surface area (Å²) in [6, 6.07) is 3.95. The van der Waals surface area contributed by atoms with Crippen LogP contribution in [-0.4, -0.2) is 55.3 Å². The molecule has 1 heterocycles. The number of methoxy groups -OCH3 is 2. The van der Waals surface area contributed by atoms with Crippen molar-refractivity contribution in [3.05, 3.63) is 41.5 Å². The molecule has 1 fully saturated rings. The van der Waals surface area contributed by atoms with E-state index in [1.54, 1.807) is 0 Å². The summed E-state index contributed by atoms with van der Waals surface area (Å²) >= 11 is 0. The lowest BCUT2D eigenvalue weighted by Crippen LogP contribution is -2.38. The van der Waals surface area contributed by atoms with Gasteiger partial charge in [-0.25, -0.2) is 9.59 Å². The Morgan fingerprint density at radius 1 is 1.00 bits per heavy atom. The van der Waals surface area contributed by atoms with Gasteiger partial charge in [0.2, 0.25) is 17.7 Å². The number of nitrogens with one attached hydrogen (secondary N) is 1. The average Bonchev–Trinajstić information content (AvgIpc) is 2.97. The maximum atomic E-state index is 12.5. The molecule has 9 heteroatoms. The second-order valence-corrected chi connectivity index (χ2v) is 6.71. The van der Waals surface area contributed by atoms with Crippen molar-refractivity contribution in [3.63, 3.8) is 0 Å². The highest BCUT2D eigenvalue weighted by molar-refractivity contribution is 6.10. The zero-order valence-electron chi connectivity index (χ0n) is 16.0. The third-order valence-electron chi connectivity index (χ3n) is 5.02. The molecule has 1 N–H and O–H groups in total. The number of imide groups is 1. The lowest BCUT2D eigenvalue weighted by molar-refractivity contribution is -0.142. The molecule has 3 rings (SSSR count). The molecule has 152 valence electrons. The standard InChI is InChI=1S/C20H20N2O7/c1-28-19(26)11-7-8-14(20(27)29-2)15(9-11)21-16(23)10-22-17(24)12-5-3-4-6-13(12)18(22)25/h3-4,7-9,12-13H,5-6,10H2,1-2H3,(H,21,23)/t12-,13-/m0/s1. The molecule has 0 bridgehead atoms. The average molecular weight is 400 g/mol. The number of carbonyl (C=O) groups excluding carboxylic acids is 5. The Labute approximate surface area is 166 Å². The maximum Gasteiger partial charge on any atom is 0.339 e. The summed E-state index contributed by atoms with van der Waals surface area (Å²) in [4.78, 5) is 62.2. The van der Waals surface area contributed by atoms with Gasteiger partial charge in [0.05, 0.1) is 42.9 Å². The Balaban J connectivity index is 1.79. The number of ether oxygens (including phenoxy) is 2. The minimum Gasteiger partial charge on any atom is -0.465 e. The van der Waals surface area contributed by atoms with E-state index in [-0.39, 0.29) is 28.6 Å². The monoisotopic (exact) mass is 400 g/mol. The van der Waals surface area contributed by atoms with Crippen LogP contribution in [0.15, 0.2) is 30.4 Å². The van der Waals surface area contributed by atoms with Gasteiger partial charge in [0, 0.05) is 0 Å². The number of amides is 3. The van der Waals surface area contributed by atoms with Crippen LogP contribution in [0.3, 0.4) is 0 Å². The van der Waals surface area contributed by atoms with Crippen LogP contribution in [0, 0.1) is 11.8 Å². The smallest absolute Gasteiger partial charge is 0.339 e. The lowest BCUT2D eigenvalue weighted by Gasteiger charge is -2.16. The topological polar surface area (TPSA) is 119 Å². The number of anilines is 1. The van der Waals surface area contributed by atoms with Crippen LogP contribution in [0.2, 0.25) is 0 Å². The van der Waals surface area contributed by atoms with Gasteiger partial charge in [-0.1, -0.05) is 12.2 Å². The molecule has 1 aliphatic carbocycles. The molecule has 1 aromatic carbocycles. The fourth-order valence-corrected chi connectivity index (χ4v) is 3.54. The molecule has 0 spiro atoms. The van der Waals surface area contributed by atoms with Crippen LogP contribution >= 0.6 is 0 Å². The molecule has 0 aromatic heterocycles. The van der Waals surface area contributed by atoms with Crippen molar-refractivity contribution in [3.8, 4) is 0 Å². The number of hydrogen-bond donors (Lipinski definition) is 1. The molecule has 0 unspecified atom stereocenters. The van der Waals surface area contributed by atoms with Gasteiger partial charge >= 0.3 is 11.9 Å². The van der Waals surface area contributed by atoms with Gasteiger partial charge in [0.25, 0.3) is 0 Å². The summed E-state index contributed by atoms with van der Waals surface area (Å²) in [5, 5.41) is 2.49. The maximum absolute atomic E-state index is 12.5. The van der Waals surface area contributed by atoms with Crippen molar-refractivity contribution in [1.29, 1.82) is 0 Å². The second kappa shape index (κ2) is 8.26. The predicted octanol–water partition coefficient (Wildman–Crippen LogP) is 1.15. The number of hydrogen-bond acceptors (Lipinski definition) is 7. The Morgan fingerprint density at radius 2 is 1.59 bits per heavy atom. The number of esters is 2. The molecule has 1 aliphatic heterocycles. The van der Waals surface area contributed by atoms with Crippen molar-refractivity contribution in [2.45, 2.75) is 12.8 Å². The fraction of sp³-hybridized carbons (Fsp3) is 0.350.